The molecule has 1 atom stereocenters. The largest absolute Gasteiger partial charge is 0.354 e. The summed E-state index contributed by atoms with van der Waals surface area (Å²) < 4.78 is 0. The van der Waals surface area contributed by atoms with Gasteiger partial charge in [-0.25, -0.2) is 4.98 Å². The predicted octanol–water partition coefficient (Wildman–Crippen LogP) is 3.51. The zero-order valence-corrected chi connectivity index (χ0v) is 12.2. The minimum Gasteiger partial charge on any atom is -0.354 e. The molecule has 2 N–H and O–H groups in total. The summed E-state index contributed by atoms with van der Waals surface area (Å²) in [6.45, 7) is 9.73. The van der Waals surface area contributed by atoms with Crippen LogP contribution in [0.25, 0.3) is 0 Å². The van der Waals surface area contributed by atoms with Gasteiger partial charge in [0.05, 0.1) is 0 Å². The van der Waals surface area contributed by atoms with E-state index >= 15 is 0 Å². The summed E-state index contributed by atoms with van der Waals surface area (Å²) in [5.74, 6) is 1.05. The summed E-state index contributed by atoms with van der Waals surface area (Å²) in [4.78, 5) is 6.92. The van der Waals surface area contributed by atoms with Gasteiger partial charge in [0.1, 0.15) is 5.82 Å². The van der Waals surface area contributed by atoms with E-state index in [9.17, 15) is 0 Å². The molecule has 0 amide bonds. The molecule has 3 heteroatoms. The molecule has 0 spiro atoms. The number of anilines is 1. The Morgan fingerprint density at radius 3 is 2.56 bits per heavy atom. The summed E-state index contributed by atoms with van der Waals surface area (Å²) >= 11 is 0. The van der Waals surface area contributed by atoms with Crippen molar-refractivity contribution in [3.63, 3.8) is 0 Å². The fourth-order valence-electron chi connectivity index (χ4n) is 2.15. The van der Waals surface area contributed by atoms with Crippen LogP contribution in [0.4, 0.5) is 5.82 Å². The summed E-state index contributed by atoms with van der Waals surface area (Å²) in [5.41, 5.74) is 7.18. The third-order valence-corrected chi connectivity index (χ3v) is 3.21. The van der Waals surface area contributed by atoms with Gasteiger partial charge in [-0.1, -0.05) is 25.8 Å². The van der Waals surface area contributed by atoms with E-state index in [1.165, 1.54) is 19.3 Å². The SMILES string of the molecule is CCCCCN(c1ncccc1C(C)N)C(C)C. The van der Waals surface area contributed by atoms with Crippen molar-refractivity contribution in [2.75, 3.05) is 11.4 Å². The Kier molecular flexibility index (Phi) is 6.13. The first-order valence-electron chi connectivity index (χ1n) is 7.05. The van der Waals surface area contributed by atoms with Crippen LogP contribution in [0, 0.1) is 0 Å². The van der Waals surface area contributed by atoms with E-state index < -0.39 is 0 Å². The standard InChI is InChI=1S/C15H27N3/c1-5-6-7-11-18(12(2)3)15-14(13(4)16)9-8-10-17-15/h8-10,12-13H,5-7,11,16H2,1-4H3. The molecule has 1 unspecified atom stereocenters. The molecule has 18 heavy (non-hydrogen) atoms. The van der Waals surface area contributed by atoms with Crippen molar-refractivity contribution in [1.29, 1.82) is 0 Å². The fraction of sp³-hybridized carbons (Fsp3) is 0.667. The Bertz CT molecular complexity index is 347. The number of hydrogen-bond donors (Lipinski definition) is 1. The Balaban J connectivity index is 2.91. The molecule has 3 nitrogen and oxygen atoms in total. The van der Waals surface area contributed by atoms with Crippen LogP contribution in [0.5, 0.6) is 0 Å². The molecule has 0 aliphatic carbocycles. The number of unbranched alkanes of at least 4 members (excludes halogenated alkanes) is 2. The van der Waals surface area contributed by atoms with Gasteiger partial charge in [0, 0.05) is 30.4 Å². The molecule has 0 aliphatic heterocycles. The molecule has 1 rings (SSSR count). The molecule has 0 radical (unpaired) electrons. The minimum absolute atomic E-state index is 0.0288. The number of nitrogens with zero attached hydrogens (tertiary/aromatic N) is 2. The lowest BCUT2D eigenvalue weighted by atomic mass is 10.1. The van der Waals surface area contributed by atoms with Crippen LogP contribution in [0.1, 0.15) is 58.6 Å². The Morgan fingerprint density at radius 1 is 1.28 bits per heavy atom. The molecule has 1 aromatic rings. The van der Waals surface area contributed by atoms with Crippen molar-refractivity contribution in [2.45, 2.75) is 59.0 Å². The first-order valence-corrected chi connectivity index (χ1v) is 7.05. The Morgan fingerprint density at radius 2 is 2.00 bits per heavy atom. The summed E-state index contributed by atoms with van der Waals surface area (Å²) in [6.07, 6.45) is 5.58. The van der Waals surface area contributed by atoms with Gasteiger partial charge in [0.2, 0.25) is 0 Å². The zero-order valence-electron chi connectivity index (χ0n) is 12.2. The highest BCUT2D eigenvalue weighted by molar-refractivity contribution is 5.48. The maximum Gasteiger partial charge on any atom is 0.133 e. The molecule has 0 saturated heterocycles. The van der Waals surface area contributed by atoms with Gasteiger partial charge in [0.25, 0.3) is 0 Å². The van der Waals surface area contributed by atoms with Crippen molar-refractivity contribution in [3.8, 4) is 0 Å². The van der Waals surface area contributed by atoms with E-state index in [0.717, 1.165) is 17.9 Å². The summed E-state index contributed by atoms with van der Waals surface area (Å²) in [5, 5.41) is 0. The topological polar surface area (TPSA) is 42.2 Å². The zero-order chi connectivity index (χ0) is 13.5. The van der Waals surface area contributed by atoms with Crippen LogP contribution in [-0.4, -0.2) is 17.6 Å². The average Bonchev–Trinajstić information content (AvgIpc) is 2.34. The smallest absolute Gasteiger partial charge is 0.133 e. The van der Waals surface area contributed by atoms with Crippen LogP contribution in [0.15, 0.2) is 18.3 Å². The van der Waals surface area contributed by atoms with E-state index in [1.54, 1.807) is 0 Å². The van der Waals surface area contributed by atoms with Crippen molar-refractivity contribution in [3.05, 3.63) is 23.9 Å². The first-order chi connectivity index (χ1) is 8.57. The number of rotatable bonds is 7. The first kappa shape index (κ1) is 15.0. The third-order valence-electron chi connectivity index (χ3n) is 3.21. The summed E-state index contributed by atoms with van der Waals surface area (Å²) in [6, 6.07) is 4.53. The van der Waals surface area contributed by atoms with Gasteiger partial charge in [0.15, 0.2) is 0 Å². The fourth-order valence-corrected chi connectivity index (χ4v) is 2.15. The van der Waals surface area contributed by atoms with E-state index in [0.29, 0.717) is 6.04 Å². The normalized spacial score (nSPS) is 12.8. The quantitative estimate of drug-likeness (QED) is 0.752. The number of pyridine rings is 1. The number of aromatic nitrogens is 1. The minimum atomic E-state index is 0.0288. The van der Waals surface area contributed by atoms with Crippen LogP contribution in [0.3, 0.4) is 0 Å². The molecule has 102 valence electrons. The Labute approximate surface area is 111 Å². The lowest BCUT2D eigenvalue weighted by Crippen LogP contribution is -2.34. The third kappa shape index (κ3) is 3.98. The van der Waals surface area contributed by atoms with Gasteiger partial charge in [-0.3, -0.25) is 0 Å². The van der Waals surface area contributed by atoms with Gasteiger partial charge in [-0.15, -0.1) is 0 Å². The van der Waals surface area contributed by atoms with Gasteiger partial charge in [-0.05, 0) is 33.3 Å². The molecule has 0 aromatic carbocycles. The van der Waals surface area contributed by atoms with Crippen molar-refractivity contribution >= 4 is 5.82 Å². The predicted molar refractivity (Wildman–Crippen MR) is 78.8 cm³/mol. The molecular formula is C15H27N3. The van der Waals surface area contributed by atoms with E-state index in [2.05, 4.69) is 36.7 Å². The molecule has 0 aliphatic rings. The second kappa shape index (κ2) is 7.37. The second-order valence-corrected chi connectivity index (χ2v) is 5.20. The molecule has 0 bridgehead atoms. The van der Waals surface area contributed by atoms with Crippen LogP contribution in [0.2, 0.25) is 0 Å². The lowest BCUT2D eigenvalue weighted by Gasteiger charge is -2.30. The van der Waals surface area contributed by atoms with Crippen molar-refractivity contribution < 1.29 is 0 Å². The van der Waals surface area contributed by atoms with E-state index in [1.807, 2.05) is 19.2 Å². The second-order valence-electron chi connectivity index (χ2n) is 5.20. The monoisotopic (exact) mass is 249 g/mol. The average molecular weight is 249 g/mol. The van der Waals surface area contributed by atoms with Gasteiger partial charge >= 0.3 is 0 Å². The van der Waals surface area contributed by atoms with E-state index in [-0.39, 0.29) is 6.04 Å². The number of hydrogen-bond acceptors (Lipinski definition) is 3. The molecule has 0 fully saturated rings. The summed E-state index contributed by atoms with van der Waals surface area (Å²) in [7, 11) is 0. The van der Waals surface area contributed by atoms with Crippen molar-refractivity contribution in [2.24, 2.45) is 5.73 Å². The van der Waals surface area contributed by atoms with Gasteiger partial charge in [-0.2, -0.15) is 0 Å². The highest BCUT2D eigenvalue weighted by atomic mass is 15.2. The van der Waals surface area contributed by atoms with Crippen molar-refractivity contribution in [1.82, 2.24) is 4.98 Å². The highest BCUT2D eigenvalue weighted by Crippen LogP contribution is 2.24. The van der Waals surface area contributed by atoms with E-state index in [4.69, 9.17) is 5.73 Å². The van der Waals surface area contributed by atoms with Gasteiger partial charge < -0.3 is 10.6 Å². The maximum absolute atomic E-state index is 6.04. The molecule has 1 aromatic heterocycles. The van der Waals surface area contributed by atoms with Crippen LogP contribution >= 0.6 is 0 Å². The Hall–Kier alpha value is -1.09. The molecule has 0 saturated carbocycles. The molecular weight excluding hydrogens is 222 g/mol. The lowest BCUT2D eigenvalue weighted by molar-refractivity contribution is 0.614. The van der Waals surface area contributed by atoms with Crippen LogP contribution in [-0.2, 0) is 0 Å². The molecule has 1 heterocycles. The number of nitrogens with two attached hydrogens (primary N) is 1. The van der Waals surface area contributed by atoms with Crippen LogP contribution < -0.4 is 10.6 Å². The highest BCUT2D eigenvalue weighted by Gasteiger charge is 2.16. The maximum atomic E-state index is 6.04.